The van der Waals surface area contributed by atoms with Crippen LogP contribution in [0.15, 0.2) is 152 Å². The molecular formula is C44H37BN2O2. The van der Waals surface area contributed by atoms with Crippen molar-refractivity contribution in [2.75, 3.05) is 0 Å². The Kier molecular flexibility index (Phi) is 7.75. The molecule has 0 saturated carbocycles. The van der Waals surface area contributed by atoms with Crippen molar-refractivity contribution in [3.8, 4) is 56.2 Å². The monoisotopic (exact) mass is 636 g/mol. The Morgan fingerprint density at radius 3 is 1.45 bits per heavy atom. The molecule has 2 heterocycles. The van der Waals surface area contributed by atoms with Gasteiger partial charge in [0.2, 0.25) is 0 Å². The van der Waals surface area contributed by atoms with E-state index in [-0.39, 0.29) is 0 Å². The quantitative estimate of drug-likeness (QED) is 0.171. The minimum atomic E-state index is -0.424. The van der Waals surface area contributed by atoms with Gasteiger partial charge in [-0.3, -0.25) is 0 Å². The smallest absolute Gasteiger partial charge is 0.399 e. The Bertz CT molecular complexity index is 2250. The third kappa shape index (κ3) is 5.86. The lowest BCUT2D eigenvalue weighted by molar-refractivity contribution is 0.00578. The van der Waals surface area contributed by atoms with Crippen LogP contribution in [-0.4, -0.2) is 28.3 Å². The second kappa shape index (κ2) is 12.3. The van der Waals surface area contributed by atoms with Crippen molar-refractivity contribution in [2.45, 2.75) is 38.9 Å². The zero-order valence-corrected chi connectivity index (χ0v) is 28.2. The molecule has 0 unspecified atom stereocenters. The summed E-state index contributed by atoms with van der Waals surface area (Å²) in [4.78, 5) is 10.1. The molecule has 1 fully saturated rings. The van der Waals surface area contributed by atoms with Gasteiger partial charge in [-0.05, 0) is 72.3 Å². The minimum absolute atomic E-state index is 0.403. The van der Waals surface area contributed by atoms with Crippen LogP contribution in [0.25, 0.3) is 66.9 Å². The average Bonchev–Trinajstić information content (AvgIpc) is 3.37. The van der Waals surface area contributed by atoms with Gasteiger partial charge in [0.15, 0.2) is 5.82 Å². The Morgan fingerprint density at radius 1 is 0.429 bits per heavy atom. The van der Waals surface area contributed by atoms with E-state index in [2.05, 4.69) is 155 Å². The summed E-state index contributed by atoms with van der Waals surface area (Å²) in [6.07, 6.45) is 0. The maximum absolute atomic E-state index is 6.44. The van der Waals surface area contributed by atoms with Crippen LogP contribution in [0.5, 0.6) is 0 Å². The van der Waals surface area contributed by atoms with E-state index in [1.165, 1.54) is 11.1 Å². The van der Waals surface area contributed by atoms with Gasteiger partial charge in [0.25, 0.3) is 0 Å². The van der Waals surface area contributed by atoms with Crippen molar-refractivity contribution in [2.24, 2.45) is 0 Å². The van der Waals surface area contributed by atoms with E-state index in [9.17, 15) is 0 Å². The normalized spacial score (nSPS) is 15.1. The largest absolute Gasteiger partial charge is 0.495 e. The van der Waals surface area contributed by atoms with Gasteiger partial charge in [-0.1, -0.05) is 146 Å². The average molecular weight is 637 g/mol. The molecule has 0 amide bonds. The summed E-state index contributed by atoms with van der Waals surface area (Å²) in [5, 5.41) is 2.30. The SMILES string of the molecule is CC1(C)OB(c2ccc(-c3ccc(-c4cc(-c5ccc(-c6ccccc6)cc5)nc(-c5ccccc5)n4)cc3)c3ccccc23)OC1(C)C. The van der Waals surface area contributed by atoms with Crippen LogP contribution >= 0.6 is 0 Å². The maximum atomic E-state index is 6.44. The number of aromatic nitrogens is 2. The summed E-state index contributed by atoms with van der Waals surface area (Å²) in [6, 6.07) is 52.8. The van der Waals surface area contributed by atoms with Crippen molar-refractivity contribution in [1.29, 1.82) is 0 Å². The number of rotatable bonds is 6. The highest BCUT2D eigenvalue weighted by Crippen LogP contribution is 2.38. The van der Waals surface area contributed by atoms with Crippen LogP contribution in [0.3, 0.4) is 0 Å². The lowest BCUT2D eigenvalue weighted by Crippen LogP contribution is -2.41. The van der Waals surface area contributed by atoms with E-state index in [0.29, 0.717) is 5.82 Å². The Morgan fingerprint density at radius 2 is 0.878 bits per heavy atom. The molecule has 8 rings (SSSR count). The van der Waals surface area contributed by atoms with Crippen LogP contribution in [0.1, 0.15) is 27.7 Å². The lowest BCUT2D eigenvalue weighted by Gasteiger charge is -2.32. The molecule has 0 aliphatic carbocycles. The number of benzene rings is 6. The predicted molar refractivity (Wildman–Crippen MR) is 202 cm³/mol. The maximum Gasteiger partial charge on any atom is 0.495 e. The van der Waals surface area contributed by atoms with Gasteiger partial charge in [0, 0.05) is 16.7 Å². The lowest BCUT2D eigenvalue weighted by atomic mass is 9.75. The zero-order chi connectivity index (χ0) is 33.6. The summed E-state index contributed by atoms with van der Waals surface area (Å²) in [5.74, 6) is 0.702. The zero-order valence-electron chi connectivity index (χ0n) is 28.2. The van der Waals surface area contributed by atoms with Crippen LogP contribution in [-0.2, 0) is 9.31 Å². The Labute approximate surface area is 288 Å². The molecule has 238 valence electrons. The van der Waals surface area contributed by atoms with Gasteiger partial charge in [-0.15, -0.1) is 0 Å². The van der Waals surface area contributed by atoms with Gasteiger partial charge in [-0.25, -0.2) is 9.97 Å². The Hall–Kier alpha value is -5.36. The number of hydrogen-bond donors (Lipinski definition) is 0. The van der Waals surface area contributed by atoms with Gasteiger partial charge in [0.05, 0.1) is 22.6 Å². The number of nitrogens with zero attached hydrogens (tertiary/aromatic N) is 2. The van der Waals surface area contributed by atoms with Gasteiger partial charge in [0.1, 0.15) is 0 Å². The molecule has 1 aliphatic rings. The first kappa shape index (κ1) is 30.9. The fraction of sp³-hybridized carbons (Fsp3) is 0.136. The standard InChI is InChI=1S/C44H37BN2O2/c1-43(2)44(3,4)49-45(48-43)39-28-27-36(37-17-11-12-18-38(37)39)32-21-25-34(26-22-32)41-29-40(46-42(47-41)35-15-9-6-10-16-35)33-23-19-31(20-24-33)30-13-7-5-8-14-30/h5-29H,1-4H3. The second-order valence-electron chi connectivity index (χ2n) is 13.7. The van der Waals surface area contributed by atoms with E-state index in [1.807, 2.05) is 24.3 Å². The summed E-state index contributed by atoms with van der Waals surface area (Å²) in [7, 11) is -0.424. The van der Waals surface area contributed by atoms with Crippen molar-refractivity contribution in [3.63, 3.8) is 0 Å². The van der Waals surface area contributed by atoms with Crippen LogP contribution in [0.2, 0.25) is 0 Å². The highest BCUT2D eigenvalue weighted by Gasteiger charge is 2.52. The van der Waals surface area contributed by atoms with Crippen LogP contribution in [0.4, 0.5) is 0 Å². The summed E-state index contributed by atoms with van der Waals surface area (Å²) >= 11 is 0. The van der Waals surface area contributed by atoms with Crippen molar-refractivity contribution >= 4 is 23.4 Å². The molecule has 1 aliphatic heterocycles. The molecule has 1 aromatic heterocycles. The molecule has 0 atom stereocenters. The first-order chi connectivity index (χ1) is 23.8. The molecule has 1 saturated heterocycles. The fourth-order valence-corrected chi connectivity index (χ4v) is 6.49. The molecule has 0 radical (unpaired) electrons. The van der Waals surface area contributed by atoms with E-state index >= 15 is 0 Å². The molecule has 0 spiro atoms. The van der Waals surface area contributed by atoms with E-state index in [0.717, 1.165) is 55.4 Å². The number of hydrogen-bond acceptors (Lipinski definition) is 4. The van der Waals surface area contributed by atoms with Crippen molar-refractivity contribution in [1.82, 2.24) is 9.97 Å². The molecule has 0 N–H and O–H groups in total. The molecule has 6 aromatic carbocycles. The Balaban J connectivity index is 1.15. The minimum Gasteiger partial charge on any atom is -0.399 e. The molecule has 4 nitrogen and oxygen atoms in total. The molecular weight excluding hydrogens is 599 g/mol. The predicted octanol–water partition coefficient (Wildman–Crippen LogP) is 10.3. The van der Waals surface area contributed by atoms with Crippen molar-refractivity contribution in [3.05, 3.63) is 152 Å². The van der Waals surface area contributed by atoms with Crippen molar-refractivity contribution < 1.29 is 9.31 Å². The van der Waals surface area contributed by atoms with Gasteiger partial charge in [-0.2, -0.15) is 0 Å². The van der Waals surface area contributed by atoms with Gasteiger partial charge < -0.3 is 9.31 Å². The first-order valence-electron chi connectivity index (χ1n) is 16.8. The summed E-state index contributed by atoms with van der Waals surface area (Å²) < 4.78 is 12.9. The second-order valence-corrected chi connectivity index (χ2v) is 13.7. The summed E-state index contributed by atoms with van der Waals surface area (Å²) in [6.45, 7) is 8.37. The highest BCUT2D eigenvalue weighted by atomic mass is 16.7. The van der Waals surface area contributed by atoms with Crippen LogP contribution in [0, 0.1) is 0 Å². The summed E-state index contributed by atoms with van der Waals surface area (Å²) in [5.41, 5.74) is 9.73. The molecule has 5 heteroatoms. The first-order valence-corrected chi connectivity index (χ1v) is 16.8. The molecule has 0 bridgehead atoms. The third-order valence-corrected chi connectivity index (χ3v) is 10.0. The molecule has 7 aromatic rings. The fourth-order valence-electron chi connectivity index (χ4n) is 6.49. The van der Waals surface area contributed by atoms with Crippen LogP contribution < -0.4 is 5.46 Å². The van der Waals surface area contributed by atoms with E-state index in [1.54, 1.807) is 0 Å². The van der Waals surface area contributed by atoms with E-state index < -0.39 is 18.3 Å². The highest BCUT2D eigenvalue weighted by molar-refractivity contribution is 6.65. The van der Waals surface area contributed by atoms with Gasteiger partial charge >= 0.3 is 7.12 Å². The topological polar surface area (TPSA) is 44.2 Å². The third-order valence-electron chi connectivity index (χ3n) is 10.0. The number of fused-ring (bicyclic) bond motifs is 1. The van der Waals surface area contributed by atoms with E-state index in [4.69, 9.17) is 19.3 Å². The molecule has 49 heavy (non-hydrogen) atoms.